The Bertz CT molecular complexity index is 660. The van der Waals surface area contributed by atoms with Gasteiger partial charge in [-0.1, -0.05) is 12.1 Å². The molecule has 0 saturated heterocycles. The van der Waals surface area contributed by atoms with Crippen LogP contribution in [0, 0.1) is 0 Å². The van der Waals surface area contributed by atoms with E-state index in [2.05, 4.69) is 30.2 Å². The van der Waals surface area contributed by atoms with E-state index >= 15 is 0 Å². The molecule has 2 heterocycles. The summed E-state index contributed by atoms with van der Waals surface area (Å²) >= 11 is 0.757. The van der Waals surface area contributed by atoms with Crippen molar-refractivity contribution in [2.24, 2.45) is 0 Å². The van der Waals surface area contributed by atoms with Gasteiger partial charge in [0, 0.05) is 10.8 Å². The first-order valence-electron chi connectivity index (χ1n) is 5.18. The van der Waals surface area contributed by atoms with Crippen LogP contribution in [0.15, 0.2) is 36.4 Å². The molecule has 0 aliphatic heterocycles. The van der Waals surface area contributed by atoms with E-state index in [9.17, 15) is 0 Å². The average molecular weight is 345 g/mol. The van der Waals surface area contributed by atoms with Crippen molar-refractivity contribution >= 4 is 53.6 Å². The van der Waals surface area contributed by atoms with Crippen LogP contribution >= 0.6 is 20.2 Å². The van der Waals surface area contributed by atoms with Crippen molar-refractivity contribution in [3.8, 4) is 0 Å². The Morgan fingerprint density at radius 2 is 1.05 bits per heavy atom. The number of pyridine rings is 2. The number of hydrogen-bond donors (Lipinski definition) is 2. The molecule has 4 N–H and O–H groups in total. The number of nitrogens with zero attached hydrogens (tertiary/aromatic N) is 2. The quantitative estimate of drug-likeness (QED) is 0.484. The van der Waals surface area contributed by atoms with E-state index in [1.54, 1.807) is 12.1 Å². The second-order valence-corrected chi connectivity index (χ2v) is 5.28. The van der Waals surface area contributed by atoms with Crippen LogP contribution in [0.5, 0.6) is 0 Å². The van der Waals surface area contributed by atoms with Gasteiger partial charge in [0.2, 0.25) is 0 Å². The van der Waals surface area contributed by atoms with E-state index in [4.69, 9.17) is 11.5 Å². The van der Waals surface area contributed by atoms with Crippen molar-refractivity contribution in [2.45, 2.75) is 0 Å². The van der Waals surface area contributed by atoms with Crippen LogP contribution < -0.4 is 11.5 Å². The van der Waals surface area contributed by atoms with E-state index in [1.165, 1.54) is 0 Å². The van der Waals surface area contributed by atoms with Gasteiger partial charge in [-0.15, -0.1) is 0 Å². The second-order valence-electron chi connectivity index (χ2n) is 3.72. The summed E-state index contributed by atoms with van der Waals surface area (Å²) in [6, 6.07) is 11.4. The van der Waals surface area contributed by atoms with Crippen molar-refractivity contribution in [1.29, 1.82) is 0 Å². The van der Waals surface area contributed by atoms with Gasteiger partial charge in [-0.05, 0) is 24.3 Å². The van der Waals surface area contributed by atoms with E-state index in [0.29, 0.717) is 11.6 Å². The third-order valence-corrected chi connectivity index (χ3v) is 2.56. The summed E-state index contributed by atoms with van der Waals surface area (Å²) in [5.41, 5.74) is 13.0. The number of nitrogen functional groups attached to an aromatic ring is 2. The monoisotopic (exact) mass is 343 g/mol. The standard InChI is InChI=1S/C12H10N4.2ClH.Cu/c13-9-5-3-7-1-2-8-4-6-10(14)16-12(8)11(7)15-9;;;/h1-6H,(H2,13,15)(H2,14,16);2*1H;/q;;;+2/p-2. The van der Waals surface area contributed by atoms with Crippen molar-refractivity contribution < 1.29 is 13.1 Å². The predicted molar refractivity (Wildman–Crippen MR) is 77.6 cm³/mol. The van der Waals surface area contributed by atoms with Crippen LogP contribution in [0.25, 0.3) is 21.8 Å². The molecule has 103 valence electrons. The van der Waals surface area contributed by atoms with Crippen LogP contribution in [0.3, 0.4) is 0 Å². The minimum atomic E-state index is 0.490. The second kappa shape index (κ2) is 6.26. The van der Waals surface area contributed by atoms with Gasteiger partial charge in [-0.2, -0.15) is 0 Å². The molecule has 1 aromatic carbocycles. The fraction of sp³-hybridized carbons (Fsp3) is 0. The summed E-state index contributed by atoms with van der Waals surface area (Å²) in [6.07, 6.45) is 0. The molecule has 0 spiro atoms. The Morgan fingerprint density at radius 3 is 1.42 bits per heavy atom. The Hall–Kier alpha value is -1.26. The Balaban J connectivity index is 0.000000408. The van der Waals surface area contributed by atoms with Gasteiger partial charge in [0.1, 0.15) is 11.6 Å². The summed E-state index contributed by atoms with van der Waals surface area (Å²) < 4.78 is 0. The molecule has 0 atom stereocenters. The summed E-state index contributed by atoms with van der Waals surface area (Å²) in [5.74, 6) is 0.980. The molecule has 0 radical (unpaired) electrons. The number of benzene rings is 1. The van der Waals surface area contributed by atoms with E-state index in [1.807, 2.05) is 24.3 Å². The molecule has 3 rings (SSSR count). The van der Waals surface area contributed by atoms with Gasteiger partial charge in [-0.25, -0.2) is 9.97 Å². The van der Waals surface area contributed by atoms with E-state index < -0.39 is 0 Å². The zero-order valence-electron chi connectivity index (χ0n) is 9.57. The summed E-state index contributed by atoms with van der Waals surface area (Å²) in [4.78, 5) is 8.61. The number of nitrogens with two attached hydrogens (primary N) is 2. The normalized spacial score (nSPS) is 10.4. The first-order chi connectivity index (χ1) is 9.15. The zero-order chi connectivity index (χ0) is 13.8. The maximum atomic E-state index is 5.68. The minimum absolute atomic E-state index is 0.490. The van der Waals surface area contributed by atoms with Crippen LogP contribution in [0.4, 0.5) is 11.6 Å². The number of hydrogen-bond acceptors (Lipinski definition) is 4. The van der Waals surface area contributed by atoms with Crippen molar-refractivity contribution in [1.82, 2.24) is 9.97 Å². The molecule has 2 aromatic heterocycles. The molecule has 0 saturated carbocycles. The molecule has 3 aromatic rings. The molecule has 4 nitrogen and oxygen atoms in total. The Kier molecular flexibility index (Phi) is 4.66. The topological polar surface area (TPSA) is 77.8 Å². The zero-order valence-corrected chi connectivity index (χ0v) is 12.0. The number of halogens is 2. The van der Waals surface area contributed by atoms with Gasteiger partial charge < -0.3 is 11.5 Å². The van der Waals surface area contributed by atoms with E-state index in [0.717, 1.165) is 34.9 Å². The first kappa shape index (κ1) is 14.2. The molecule has 19 heavy (non-hydrogen) atoms. The molecule has 0 aliphatic carbocycles. The fourth-order valence-electron chi connectivity index (χ4n) is 1.80. The number of aromatic nitrogens is 2. The number of rotatable bonds is 0. The number of fused-ring (bicyclic) bond motifs is 3. The third kappa shape index (κ3) is 3.19. The number of anilines is 2. The molecule has 7 heteroatoms. The van der Waals surface area contributed by atoms with Crippen LogP contribution in [0.2, 0.25) is 0 Å². The van der Waals surface area contributed by atoms with Crippen molar-refractivity contribution in [3.05, 3.63) is 36.4 Å². The molecule has 0 aliphatic rings. The average Bonchev–Trinajstić information content (AvgIpc) is 2.39. The molecule has 0 unspecified atom stereocenters. The fourth-order valence-corrected chi connectivity index (χ4v) is 1.80. The van der Waals surface area contributed by atoms with Gasteiger partial charge in [-0.3, -0.25) is 0 Å². The Labute approximate surface area is 124 Å². The third-order valence-electron chi connectivity index (χ3n) is 2.56. The summed E-state index contributed by atoms with van der Waals surface area (Å²) in [6.45, 7) is 0. The van der Waals surface area contributed by atoms with Gasteiger partial charge in [0.25, 0.3) is 0 Å². The summed E-state index contributed by atoms with van der Waals surface area (Å²) in [5, 5.41) is 2.03. The molecule has 0 fully saturated rings. The van der Waals surface area contributed by atoms with Crippen molar-refractivity contribution in [2.75, 3.05) is 11.5 Å². The molecule has 0 amide bonds. The van der Waals surface area contributed by atoms with Gasteiger partial charge in [0.05, 0.1) is 11.0 Å². The van der Waals surface area contributed by atoms with E-state index in [-0.39, 0.29) is 0 Å². The van der Waals surface area contributed by atoms with Crippen molar-refractivity contribution in [3.63, 3.8) is 0 Å². The Morgan fingerprint density at radius 1 is 0.737 bits per heavy atom. The van der Waals surface area contributed by atoms with Crippen LogP contribution in [-0.2, 0) is 13.1 Å². The molecular formula is C12H10Cl2CuN4. The van der Waals surface area contributed by atoms with Gasteiger partial charge in [0.15, 0.2) is 0 Å². The first-order valence-corrected chi connectivity index (χ1v) is 7.77. The maximum absolute atomic E-state index is 5.68. The molecule has 0 bridgehead atoms. The SMILES string of the molecule is Nc1ccc2ccc3ccc(N)nc3c2n1.[Cl][Cu][Cl]. The van der Waals surface area contributed by atoms with Gasteiger partial charge >= 0.3 is 33.3 Å². The predicted octanol–water partition coefficient (Wildman–Crippen LogP) is 3.32. The molecular weight excluding hydrogens is 335 g/mol. The summed E-state index contributed by atoms with van der Waals surface area (Å²) in [7, 11) is 9.34. The van der Waals surface area contributed by atoms with Crippen LogP contribution in [-0.4, -0.2) is 9.97 Å². The van der Waals surface area contributed by atoms with Crippen LogP contribution in [0.1, 0.15) is 0 Å².